The molecule has 0 spiro atoms. The fourth-order valence-corrected chi connectivity index (χ4v) is 2.06. The molecule has 0 radical (unpaired) electrons. The van der Waals surface area contributed by atoms with Crippen LogP contribution in [-0.2, 0) is 6.61 Å². The van der Waals surface area contributed by atoms with E-state index in [1.807, 2.05) is 6.07 Å². The predicted octanol–water partition coefficient (Wildman–Crippen LogP) is 3.08. The van der Waals surface area contributed by atoms with Gasteiger partial charge in [-0.15, -0.1) is 0 Å². The number of halogens is 1. The van der Waals surface area contributed by atoms with Crippen LogP contribution >= 0.6 is 0 Å². The van der Waals surface area contributed by atoms with Crippen molar-refractivity contribution in [2.75, 3.05) is 5.32 Å². The number of aryl methyl sites for hydroxylation is 1. The molecule has 3 aromatic rings. The molecular formula is C17H15FN4O2. The van der Waals surface area contributed by atoms with Gasteiger partial charge >= 0.3 is 0 Å². The molecule has 0 unspecified atom stereocenters. The van der Waals surface area contributed by atoms with Gasteiger partial charge in [-0.3, -0.25) is 14.9 Å². The largest absolute Gasteiger partial charge is 0.484 e. The van der Waals surface area contributed by atoms with Crippen LogP contribution in [0.2, 0.25) is 0 Å². The second-order valence-electron chi connectivity index (χ2n) is 5.15. The molecule has 1 amide bonds. The Labute approximate surface area is 137 Å². The molecule has 2 N–H and O–H groups in total. The van der Waals surface area contributed by atoms with Crippen LogP contribution in [0.3, 0.4) is 0 Å². The van der Waals surface area contributed by atoms with Gasteiger partial charge in [-0.05, 0) is 37.3 Å². The molecule has 6 nitrogen and oxygen atoms in total. The summed E-state index contributed by atoms with van der Waals surface area (Å²) in [4.78, 5) is 16.1. The van der Waals surface area contributed by atoms with Crippen molar-refractivity contribution < 1.29 is 13.9 Å². The zero-order chi connectivity index (χ0) is 16.9. The average molecular weight is 326 g/mol. The summed E-state index contributed by atoms with van der Waals surface area (Å²) in [5.41, 5.74) is 2.03. The standard InChI is InChI=1S/C17H15FN4O2/c1-11-8-15(22-21-11)17(23)20-12-5-6-16(14(18)9-12)24-10-13-4-2-3-7-19-13/h2-9H,10H2,1H3,(H,20,23)(H,21,22). The van der Waals surface area contributed by atoms with Crippen LogP contribution in [0, 0.1) is 12.7 Å². The van der Waals surface area contributed by atoms with Gasteiger partial charge in [-0.25, -0.2) is 4.39 Å². The minimum Gasteiger partial charge on any atom is -0.484 e. The summed E-state index contributed by atoms with van der Waals surface area (Å²) in [6.45, 7) is 1.95. The Morgan fingerprint density at radius 2 is 2.17 bits per heavy atom. The molecule has 1 aromatic carbocycles. The zero-order valence-electron chi connectivity index (χ0n) is 12.9. The second-order valence-corrected chi connectivity index (χ2v) is 5.15. The molecule has 2 heterocycles. The third-order valence-corrected chi connectivity index (χ3v) is 3.23. The molecule has 0 saturated carbocycles. The topological polar surface area (TPSA) is 79.9 Å². The molecule has 0 bridgehead atoms. The summed E-state index contributed by atoms with van der Waals surface area (Å²) < 4.78 is 19.5. The molecule has 2 aromatic heterocycles. The van der Waals surface area contributed by atoms with Crippen LogP contribution in [0.15, 0.2) is 48.7 Å². The highest BCUT2D eigenvalue weighted by Gasteiger charge is 2.11. The molecule has 0 fully saturated rings. The first-order valence-electron chi connectivity index (χ1n) is 7.27. The van der Waals surface area contributed by atoms with E-state index in [4.69, 9.17) is 4.74 Å². The van der Waals surface area contributed by atoms with Gasteiger partial charge in [0.25, 0.3) is 5.91 Å². The molecule has 0 atom stereocenters. The Morgan fingerprint density at radius 3 is 2.83 bits per heavy atom. The molecule has 0 aliphatic heterocycles. The SMILES string of the molecule is Cc1cc(C(=O)Nc2ccc(OCc3ccccn3)c(F)c2)n[nH]1. The predicted molar refractivity (Wildman–Crippen MR) is 86.2 cm³/mol. The van der Waals surface area contributed by atoms with Crippen molar-refractivity contribution in [2.45, 2.75) is 13.5 Å². The number of benzene rings is 1. The maximum atomic E-state index is 14.1. The molecule has 122 valence electrons. The summed E-state index contributed by atoms with van der Waals surface area (Å²) in [5.74, 6) is -0.892. The Morgan fingerprint density at radius 1 is 1.29 bits per heavy atom. The van der Waals surface area contributed by atoms with Crippen molar-refractivity contribution in [3.05, 3.63) is 71.6 Å². The van der Waals surface area contributed by atoms with Crippen LogP contribution in [0.1, 0.15) is 21.9 Å². The fourth-order valence-electron chi connectivity index (χ4n) is 2.06. The van der Waals surface area contributed by atoms with E-state index >= 15 is 0 Å². The minimum atomic E-state index is -0.568. The third-order valence-electron chi connectivity index (χ3n) is 3.23. The zero-order valence-corrected chi connectivity index (χ0v) is 12.9. The fraction of sp³-hybridized carbons (Fsp3) is 0.118. The third kappa shape index (κ3) is 3.75. The first-order chi connectivity index (χ1) is 11.6. The lowest BCUT2D eigenvalue weighted by atomic mass is 10.2. The number of ether oxygens (including phenoxy) is 1. The van der Waals surface area contributed by atoms with Crippen LogP contribution in [0.5, 0.6) is 5.75 Å². The van der Waals surface area contributed by atoms with E-state index in [1.54, 1.807) is 37.4 Å². The Bertz CT molecular complexity index is 849. The van der Waals surface area contributed by atoms with E-state index < -0.39 is 11.7 Å². The Kier molecular flexibility index (Phi) is 4.51. The van der Waals surface area contributed by atoms with Crippen LogP contribution in [-0.4, -0.2) is 21.1 Å². The lowest BCUT2D eigenvalue weighted by Gasteiger charge is -2.09. The Balaban J connectivity index is 1.65. The van der Waals surface area contributed by atoms with E-state index in [0.717, 1.165) is 5.69 Å². The number of hydrogen-bond acceptors (Lipinski definition) is 4. The molecular weight excluding hydrogens is 311 g/mol. The number of aromatic amines is 1. The van der Waals surface area contributed by atoms with Crippen molar-refractivity contribution >= 4 is 11.6 Å². The van der Waals surface area contributed by atoms with E-state index in [-0.39, 0.29) is 18.1 Å². The molecule has 0 saturated heterocycles. The first kappa shape index (κ1) is 15.7. The highest BCUT2D eigenvalue weighted by atomic mass is 19.1. The highest BCUT2D eigenvalue weighted by molar-refractivity contribution is 6.02. The van der Waals surface area contributed by atoms with Crippen molar-refractivity contribution in [3.63, 3.8) is 0 Å². The van der Waals surface area contributed by atoms with Crippen molar-refractivity contribution in [2.24, 2.45) is 0 Å². The van der Waals surface area contributed by atoms with Crippen LogP contribution < -0.4 is 10.1 Å². The quantitative estimate of drug-likeness (QED) is 0.755. The van der Waals surface area contributed by atoms with E-state index in [9.17, 15) is 9.18 Å². The number of aromatic nitrogens is 3. The normalized spacial score (nSPS) is 10.4. The van der Waals surface area contributed by atoms with Gasteiger partial charge in [0.05, 0.1) is 5.69 Å². The van der Waals surface area contributed by atoms with Crippen molar-refractivity contribution in [1.29, 1.82) is 0 Å². The number of hydrogen-bond donors (Lipinski definition) is 2. The first-order valence-corrected chi connectivity index (χ1v) is 7.27. The maximum Gasteiger partial charge on any atom is 0.276 e. The lowest BCUT2D eigenvalue weighted by Crippen LogP contribution is -2.12. The Hall–Kier alpha value is -3.22. The smallest absolute Gasteiger partial charge is 0.276 e. The highest BCUT2D eigenvalue weighted by Crippen LogP contribution is 2.22. The summed E-state index contributed by atoms with van der Waals surface area (Å²) in [6.07, 6.45) is 1.64. The average Bonchev–Trinajstić information content (AvgIpc) is 3.02. The number of carbonyl (C=O) groups excluding carboxylic acids is 1. The van der Waals surface area contributed by atoms with Crippen molar-refractivity contribution in [1.82, 2.24) is 15.2 Å². The van der Waals surface area contributed by atoms with Crippen LogP contribution in [0.4, 0.5) is 10.1 Å². The molecule has 7 heteroatoms. The van der Waals surface area contributed by atoms with Gasteiger partial charge in [0, 0.05) is 23.6 Å². The number of carbonyl (C=O) groups is 1. The lowest BCUT2D eigenvalue weighted by molar-refractivity contribution is 0.102. The van der Waals surface area contributed by atoms with E-state index in [0.29, 0.717) is 11.4 Å². The van der Waals surface area contributed by atoms with Gasteiger partial charge in [0.2, 0.25) is 0 Å². The number of anilines is 1. The van der Waals surface area contributed by atoms with E-state index in [1.165, 1.54) is 12.1 Å². The number of H-pyrrole nitrogens is 1. The van der Waals surface area contributed by atoms with E-state index in [2.05, 4.69) is 20.5 Å². The monoisotopic (exact) mass is 326 g/mol. The minimum absolute atomic E-state index is 0.0919. The van der Waals surface area contributed by atoms with Gasteiger partial charge in [0.1, 0.15) is 6.61 Å². The van der Waals surface area contributed by atoms with Gasteiger partial charge in [-0.2, -0.15) is 5.10 Å². The van der Waals surface area contributed by atoms with Crippen molar-refractivity contribution in [3.8, 4) is 5.75 Å². The molecule has 0 aliphatic rings. The van der Waals surface area contributed by atoms with Crippen LogP contribution in [0.25, 0.3) is 0 Å². The number of rotatable bonds is 5. The maximum absolute atomic E-state index is 14.1. The molecule has 24 heavy (non-hydrogen) atoms. The number of nitrogens with zero attached hydrogens (tertiary/aromatic N) is 2. The summed E-state index contributed by atoms with van der Waals surface area (Å²) in [5, 5.41) is 9.11. The summed E-state index contributed by atoms with van der Waals surface area (Å²) in [6, 6.07) is 11.2. The molecule has 3 rings (SSSR count). The van der Waals surface area contributed by atoms with Gasteiger partial charge in [-0.1, -0.05) is 6.07 Å². The summed E-state index contributed by atoms with van der Waals surface area (Å²) >= 11 is 0. The number of nitrogens with one attached hydrogen (secondary N) is 2. The second kappa shape index (κ2) is 6.91. The van der Waals surface area contributed by atoms with Gasteiger partial charge < -0.3 is 10.1 Å². The summed E-state index contributed by atoms with van der Waals surface area (Å²) in [7, 11) is 0. The molecule has 0 aliphatic carbocycles. The number of amides is 1. The number of pyridine rings is 1. The van der Waals surface area contributed by atoms with Gasteiger partial charge in [0.15, 0.2) is 17.3 Å².